The third kappa shape index (κ3) is 5.68. The molecule has 1 N–H and O–H groups in total. The Morgan fingerprint density at radius 3 is 2.71 bits per heavy atom. The molecule has 2 heterocycles. The molecule has 1 amide bonds. The van der Waals surface area contributed by atoms with Crippen molar-refractivity contribution in [1.82, 2.24) is 4.98 Å². The fraction of sp³-hybridized carbons (Fsp3) is 0.350. The lowest BCUT2D eigenvalue weighted by molar-refractivity contribution is -0.123. The molecule has 0 unspecified atom stereocenters. The van der Waals surface area contributed by atoms with E-state index in [1.54, 1.807) is 36.4 Å². The summed E-state index contributed by atoms with van der Waals surface area (Å²) in [5.41, 5.74) is 0.328. The first-order valence-electron chi connectivity index (χ1n) is 8.99. The Morgan fingerprint density at radius 2 is 2.07 bits per heavy atom. The summed E-state index contributed by atoms with van der Waals surface area (Å²) in [5.74, 6) is -0.117. The number of hydrogen-bond acceptors (Lipinski definition) is 6. The average Bonchev–Trinajstić information content (AvgIpc) is 3.22. The van der Waals surface area contributed by atoms with Crippen LogP contribution in [-0.2, 0) is 14.3 Å². The predicted octanol–water partition coefficient (Wildman–Crippen LogP) is 3.48. The summed E-state index contributed by atoms with van der Waals surface area (Å²) < 4.78 is 16.4. The number of nitrogens with one attached hydrogen (secondary N) is 1. The van der Waals surface area contributed by atoms with Gasteiger partial charge in [-0.2, -0.15) is 0 Å². The molecule has 3 rings (SSSR count). The van der Waals surface area contributed by atoms with Crippen LogP contribution in [0.4, 0.5) is 5.82 Å². The van der Waals surface area contributed by atoms with E-state index in [9.17, 15) is 9.59 Å². The first-order valence-corrected chi connectivity index (χ1v) is 9.37. The fourth-order valence-electron chi connectivity index (χ4n) is 2.61. The summed E-state index contributed by atoms with van der Waals surface area (Å²) in [7, 11) is 0. The number of carbonyl (C=O) groups excluding carboxylic acids is 2. The molecule has 0 spiro atoms. The number of rotatable bonds is 7. The summed E-state index contributed by atoms with van der Waals surface area (Å²) in [5, 5.41) is 3.02. The molecule has 0 radical (unpaired) electrons. The highest BCUT2D eigenvalue weighted by atomic mass is 35.5. The number of pyridine rings is 1. The molecule has 1 aromatic heterocycles. The number of anilines is 1. The number of aromatic nitrogens is 1. The van der Waals surface area contributed by atoms with E-state index in [-0.39, 0.29) is 6.10 Å². The molecule has 28 heavy (non-hydrogen) atoms. The molecular weight excluding hydrogens is 384 g/mol. The molecule has 1 fully saturated rings. The second-order valence-electron chi connectivity index (χ2n) is 6.37. The van der Waals surface area contributed by atoms with Crippen molar-refractivity contribution in [2.75, 3.05) is 18.5 Å². The van der Waals surface area contributed by atoms with Gasteiger partial charge in [-0.15, -0.1) is 0 Å². The summed E-state index contributed by atoms with van der Waals surface area (Å²) in [6.07, 6.45) is 2.60. The predicted molar refractivity (Wildman–Crippen MR) is 104 cm³/mol. The molecule has 1 aliphatic rings. The van der Waals surface area contributed by atoms with Crippen molar-refractivity contribution in [3.8, 4) is 5.75 Å². The maximum absolute atomic E-state index is 12.2. The second-order valence-corrected chi connectivity index (χ2v) is 6.81. The van der Waals surface area contributed by atoms with Crippen molar-refractivity contribution in [2.24, 2.45) is 0 Å². The molecule has 2 atom stereocenters. The molecule has 0 aliphatic carbocycles. The summed E-state index contributed by atoms with van der Waals surface area (Å²) >= 11 is 5.75. The maximum atomic E-state index is 12.2. The molecule has 1 aromatic carbocycles. The lowest BCUT2D eigenvalue weighted by Gasteiger charge is -2.14. The minimum atomic E-state index is -0.986. The van der Waals surface area contributed by atoms with Crippen LogP contribution in [0.1, 0.15) is 30.1 Å². The van der Waals surface area contributed by atoms with Crippen LogP contribution in [0.5, 0.6) is 5.75 Å². The van der Waals surface area contributed by atoms with E-state index in [0.717, 1.165) is 19.4 Å². The molecule has 0 saturated carbocycles. The number of esters is 1. The Kier molecular flexibility index (Phi) is 6.84. The Bertz CT molecular complexity index is 804. The average molecular weight is 405 g/mol. The van der Waals surface area contributed by atoms with Crippen LogP contribution >= 0.6 is 11.6 Å². The molecule has 148 valence electrons. The second kappa shape index (κ2) is 9.52. The highest BCUT2D eigenvalue weighted by molar-refractivity contribution is 6.30. The number of ether oxygens (including phenoxy) is 3. The lowest BCUT2D eigenvalue weighted by Crippen LogP contribution is -2.30. The van der Waals surface area contributed by atoms with Gasteiger partial charge in [0.1, 0.15) is 18.2 Å². The van der Waals surface area contributed by atoms with E-state index in [4.69, 9.17) is 25.8 Å². The highest BCUT2D eigenvalue weighted by Crippen LogP contribution is 2.17. The van der Waals surface area contributed by atoms with Crippen LogP contribution in [0.15, 0.2) is 42.6 Å². The molecule has 1 saturated heterocycles. The van der Waals surface area contributed by atoms with Gasteiger partial charge in [0, 0.05) is 12.8 Å². The maximum Gasteiger partial charge on any atom is 0.338 e. The first-order chi connectivity index (χ1) is 13.5. The zero-order valence-electron chi connectivity index (χ0n) is 15.4. The van der Waals surface area contributed by atoms with E-state index < -0.39 is 18.0 Å². The van der Waals surface area contributed by atoms with Gasteiger partial charge in [0.05, 0.1) is 16.7 Å². The van der Waals surface area contributed by atoms with Crippen LogP contribution in [0.3, 0.4) is 0 Å². The molecular formula is C20H21ClN2O5. The number of nitrogens with zero attached hydrogens (tertiary/aromatic N) is 1. The van der Waals surface area contributed by atoms with Crippen molar-refractivity contribution in [3.05, 3.63) is 53.2 Å². The zero-order chi connectivity index (χ0) is 19.9. The topological polar surface area (TPSA) is 86.8 Å². The standard InChI is InChI=1S/C20H21ClN2O5/c1-13(19(24)23-18-9-6-15(21)11-22-18)28-20(25)14-4-7-16(8-5-14)27-12-17-3-2-10-26-17/h4-9,11,13,17H,2-3,10,12H2,1H3,(H,22,23,24)/t13-,17-/m1/s1. The molecule has 7 nitrogen and oxygen atoms in total. The van der Waals surface area contributed by atoms with Gasteiger partial charge in [-0.05, 0) is 56.2 Å². The lowest BCUT2D eigenvalue weighted by atomic mass is 10.2. The van der Waals surface area contributed by atoms with Crippen LogP contribution in [0.2, 0.25) is 5.02 Å². The van der Waals surface area contributed by atoms with Crippen LogP contribution < -0.4 is 10.1 Å². The Morgan fingerprint density at radius 1 is 1.29 bits per heavy atom. The Labute approximate surface area is 168 Å². The van der Waals surface area contributed by atoms with Gasteiger partial charge in [-0.3, -0.25) is 4.79 Å². The summed E-state index contributed by atoms with van der Waals surface area (Å²) in [6, 6.07) is 9.73. The minimum absolute atomic E-state index is 0.124. The Hall–Kier alpha value is -2.64. The highest BCUT2D eigenvalue weighted by Gasteiger charge is 2.20. The zero-order valence-corrected chi connectivity index (χ0v) is 16.1. The van der Waals surface area contributed by atoms with Crippen molar-refractivity contribution >= 4 is 29.3 Å². The third-order valence-electron chi connectivity index (χ3n) is 4.18. The van der Waals surface area contributed by atoms with E-state index in [0.29, 0.717) is 28.8 Å². The number of carbonyl (C=O) groups is 2. The van der Waals surface area contributed by atoms with Gasteiger partial charge >= 0.3 is 5.97 Å². The molecule has 2 aromatic rings. The summed E-state index contributed by atoms with van der Waals surface area (Å²) in [4.78, 5) is 28.3. The van der Waals surface area contributed by atoms with Gasteiger partial charge < -0.3 is 19.5 Å². The smallest absolute Gasteiger partial charge is 0.338 e. The SMILES string of the molecule is C[C@@H](OC(=O)c1ccc(OC[C@H]2CCCO2)cc1)C(=O)Nc1ccc(Cl)cn1. The first kappa shape index (κ1) is 20.1. The monoisotopic (exact) mass is 404 g/mol. The number of amides is 1. The molecule has 0 bridgehead atoms. The molecule has 1 aliphatic heterocycles. The van der Waals surface area contributed by atoms with Crippen LogP contribution in [0, 0.1) is 0 Å². The minimum Gasteiger partial charge on any atom is -0.491 e. The number of benzene rings is 1. The fourth-order valence-corrected chi connectivity index (χ4v) is 2.72. The molecule has 8 heteroatoms. The van der Waals surface area contributed by atoms with Gasteiger partial charge in [-0.1, -0.05) is 11.6 Å². The van der Waals surface area contributed by atoms with Crippen molar-refractivity contribution in [2.45, 2.75) is 32.0 Å². The largest absolute Gasteiger partial charge is 0.491 e. The number of halogens is 1. The van der Waals surface area contributed by atoms with E-state index in [1.165, 1.54) is 13.1 Å². The van der Waals surface area contributed by atoms with Gasteiger partial charge in [-0.25, -0.2) is 9.78 Å². The quantitative estimate of drug-likeness (QED) is 0.711. The summed E-state index contributed by atoms with van der Waals surface area (Å²) in [6.45, 7) is 2.75. The van der Waals surface area contributed by atoms with Crippen LogP contribution in [0.25, 0.3) is 0 Å². The van der Waals surface area contributed by atoms with E-state index in [1.807, 2.05) is 0 Å². The van der Waals surface area contributed by atoms with Crippen molar-refractivity contribution in [1.29, 1.82) is 0 Å². The Balaban J connectivity index is 1.48. The van der Waals surface area contributed by atoms with Gasteiger partial charge in [0.25, 0.3) is 5.91 Å². The van der Waals surface area contributed by atoms with Gasteiger partial charge in [0.2, 0.25) is 0 Å². The van der Waals surface area contributed by atoms with Crippen LogP contribution in [-0.4, -0.2) is 42.3 Å². The van der Waals surface area contributed by atoms with Gasteiger partial charge in [0.15, 0.2) is 6.10 Å². The number of hydrogen-bond donors (Lipinski definition) is 1. The van der Waals surface area contributed by atoms with Crippen molar-refractivity contribution in [3.63, 3.8) is 0 Å². The third-order valence-corrected chi connectivity index (χ3v) is 4.41. The van der Waals surface area contributed by atoms with E-state index in [2.05, 4.69) is 10.3 Å². The van der Waals surface area contributed by atoms with Crippen molar-refractivity contribution < 1.29 is 23.8 Å². The van der Waals surface area contributed by atoms with E-state index >= 15 is 0 Å². The normalized spacial score (nSPS) is 17.0.